The number of aliphatic hydroxyl groups is 1. The van der Waals surface area contributed by atoms with Gasteiger partial charge in [0.1, 0.15) is 0 Å². The molecule has 1 aromatic heterocycles. The number of aliphatic hydroxyl groups excluding tert-OH is 1. The first kappa shape index (κ1) is 16.2. The number of nitrogens with one attached hydrogen (secondary N) is 1. The number of nitrogens with zero attached hydrogens (tertiary/aromatic N) is 1. The largest absolute Gasteiger partial charge is 0.443 e. The summed E-state index contributed by atoms with van der Waals surface area (Å²) < 4.78 is 5.39. The van der Waals surface area contributed by atoms with E-state index in [2.05, 4.69) is 10.3 Å². The molecule has 1 heterocycles. The van der Waals surface area contributed by atoms with Gasteiger partial charge in [-0.05, 0) is 19.3 Å². The maximum atomic E-state index is 12.4. The topological polar surface area (TPSA) is 75.4 Å². The van der Waals surface area contributed by atoms with Gasteiger partial charge in [0.25, 0.3) is 5.91 Å². The summed E-state index contributed by atoms with van der Waals surface area (Å²) in [5.41, 5.74) is 2.22. The second-order valence-electron chi connectivity index (χ2n) is 5.73. The van der Waals surface area contributed by atoms with Crippen molar-refractivity contribution < 1.29 is 14.3 Å². The number of hydrogen-bond donors (Lipinski definition) is 2. The second-order valence-corrected chi connectivity index (χ2v) is 5.73. The van der Waals surface area contributed by atoms with E-state index >= 15 is 0 Å². The van der Waals surface area contributed by atoms with E-state index in [9.17, 15) is 4.79 Å². The molecule has 5 nitrogen and oxygen atoms in total. The van der Waals surface area contributed by atoms with Crippen molar-refractivity contribution in [3.63, 3.8) is 0 Å². The number of oxazole rings is 1. The van der Waals surface area contributed by atoms with Crippen LogP contribution < -0.4 is 5.32 Å². The van der Waals surface area contributed by atoms with E-state index in [1.54, 1.807) is 0 Å². The van der Waals surface area contributed by atoms with Crippen LogP contribution in [0.15, 0.2) is 35.1 Å². The summed E-state index contributed by atoms with van der Waals surface area (Å²) >= 11 is 0. The Morgan fingerprint density at radius 1 is 1.32 bits per heavy atom. The fourth-order valence-electron chi connectivity index (χ4n) is 2.27. The second kappa shape index (κ2) is 7.22. The standard InChI is InChI=1S/C17H22N2O3/c1-11(2)14(8-9-20)19-17(21)15-16(22-10-18-15)13-6-4-12(3)5-7-13/h4-7,10-11,14,20H,8-9H2,1-3H3,(H,19,21). The van der Waals surface area contributed by atoms with Crippen molar-refractivity contribution in [1.82, 2.24) is 10.3 Å². The van der Waals surface area contributed by atoms with E-state index in [0.29, 0.717) is 12.2 Å². The van der Waals surface area contributed by atoms with E-state index in [1.807, 2.05) is 45.0 Å². The summed E-state index contributed by atoms with van der Waals surface area (Å²) in [7, 11) is 0. The molecule has 0 spiro atoms. The zero-order valence-corrected chi connectivity index (χ0v) is 13.2. The molecule has 1 aromatic carbocycles. The van der Waals surface area contributed by atoms with Gasteiger partial charge < -0.3 is 14.8 Å². The van der Waals surface area contributed by atoms with Crippen LogP contribution in [0.25, 0.3) is 11.3 Å². The van der Waals surface area contributed by atoms with Crippen LogP contribution in [-0.2, 0) is 0 Å². The maximum Gasteiger partial charge on any atom is 0.274 e. The molecule has 1 amide bonds. The van der Waals surface area contributed by atoms with E-state index in [1.165, 1.54) is 6.39 Å². The van der Waals surface area contributed by atoms with Crippen molar-refractivity contribution in [2.24, 2.45) is 5.92 Å². The van der Waals surface area contributed by atoms with Crippen LogP contribution >= 0.6 is 0 Å². The normalized spacial score (nSPS) is 12.4. The van der Waals surface area contributed by atoms with Crippen molar-refractivity contribution in [2.75, 3.05) is 6.61 Å². The highest BCUT2D eigenvalue weighted by Crippen LogP contribution is 2.23. The molecule has 0 fully saturated rings. The number of amides is 1. The quantitative estimate of drug-likeness (QED) is 0.860. The molecule has 1 unspecified atom stereocenters. The molecule has 2 aromatic rings. The predicted octanol–water partition coefficient (Wildman–Crippen LogP) is 2.79. The summed E-state index contributed by atoms with van der Waals surface area (Å²) in [6, 6.07) is 7.63. The Bertz CT molecular complexity index is 617. The van der Waals surface area contributed by atoms with Crippen molar-refractivity contribution in [2.45, 2.75) is 33.2 Å². The summed E-state index contributed by atoms with van der Waals surface area (Å²) in [6.07, 6.45) is 1.79. The van der Waals surface area contributed by atoms with Crippen molar-refractivity contribution in [3.8, 4) is 11.3 Å². The lowest BCUT2D eigenvalue weighted by Crippen LogP contribution is -2.39. The molecule has 0 saturated heterocycles. The van der Waals surface area contributed by atoms with Crippen LogP contribution in [0, 0.1) is 12.8 Å². The first-order valence-electron chi connectivity index (χ1n) is 7.45. The molecule has 0 aliphatic carbocycles. The lowest BCUT2D eigenvalue weighted by atomic mass is 10.0. The van der Waals surface area contributed by atoms with Crippen LogP contribution in [0.2, 0.25) is 0 Å². The molecular formula is C17H22N2O3. The number of benzene rings is 1. The van der Waals surface area contributed by atoms with Gasteiger partial charge in [-0.3, -0.25) is 4.79 Å². The highest BCUT2D eigenvalue weighted by molar-refractivity contribution is 5.97. The minimum absolute atomic E-state index is 0.0345. The van der Waals surface area contributed by atoms with Crippen molar-refractivity contribution in [1.29, 1.82) is 0 Å². The zero-order valence-electron chi connectivity index (χ0n) is 13.2. The third kappa shape index (κ3) is 3.74. The van der Waals surface area contributed by atoms with Crippen LogP contribution in [0.4, 0.5) is 0 Å². The number of aromatic nitrogens is 1. The third-order valence-electron chi connectivity index (χ3n) is 3.66. The SMILES string of the molecule is Cc1ccc(-c2ocnc2C(=O)NC(CCO)C(C)C)cc1. The van der Waals surface area contributed by atoms with E-state index < -0.39 is 0 Å². The van der Waals surface area contributed by atoms with E-state index in [-0.39, 0.29) is 30.2 Å². The number of carbonyl (C=O) groups excluding carboxylic acids is 1. The lowest BCUT2D eigenvalue weighted by molar-refractivity contribution is 0.0912. The number of rotatable bonds is 6. The van der Waals surface area contributed by atoms with Crippen LogP contribution in [0.3, 0.4) is 0 Å². The van der Waals surface area contributed by atoms with Gasteiger partial charge in [-0.15, -0.1) is 0 Å². The molecule has 118 valence electrons. The average Bonchev–Trinajstić information content (AvgIpc) is 2.97. The first-order valence-corrected chi connectivity index (χ1v) is 7.45. The van der Waals surface area contributed by atoms with E-state index in [0.717, 1.165) is 11.1 Å². The average molecular weight is 302 g/mol. The minimum atomic E-state index is -0.281. The minimum Gasteiger partial charge on any atom is -0.443 e. The molecule has 0 bridgehead atoms. The Hall–Kier alpha value is -2.14. The predicted molar refractivity (Wildman–Crippen MR) is 84.5 cm³/mol. The van der Waals surface area contributed by atoms with Gasteiger partial charge in [0.05, 0.1) is 0 Å². The highest BCUT2D eigenvalue weighted by atomic mass is 16.3. The smallest absolute Gasteiger partial charge is 0.274 e. The highest BCUT2D eigenvalue weighted by Gasteiger charge is 2.22. The molecular weight excluding hydrogens is 280 g/mol. The molecule has 2 N–H and O–H groups in total. The summed E-state index contributed by atoms with van der Waals surface area (Å²) in [4.78, 5) is 16.5. The van der Waals surface area contributed by atoms with Gasteiger partial charge in [0, 0.05) is 18.2 Å². The monoisotopic (exact) mass is 302 g/mol. The molecule has 0 saturated carbocycles. The maximum absolute atomic E-state index is 12.4. The van der Waals surface area contributed by atoms with Gasteiger partial charge in [-0.25, -0.2) is 4.98 Å². The fraction of sp³-hybridized carbons (Fsp3) is 0.412. The molecule has 0 aliphatic rings. The Morgan fingerprint density at radius 3 is 2.59 bits per heavy atom. The summed E-state index contributed by atoms with van der Waals surface area (Å²) in [5, 5.41) is 12.0. The molecule has 0 aliphatic heterocycles. The number of aryl methyl sites for hydroxylation is 1. The van der Waals surface area contributed by atoms with E-state index in [4.69, 9.17) is 9.52 Å². The van der Waals surface area contributed by atoms with Crippen LogP contribution in [0.1, 0.15) is 36.3 Å². The molecule has 0 radical (unpaired) electrons. The molecule has 1 atom stereocenters. The molecule has 2 rings (SSSR count). The van der Waals surface area contributed by atoms with Gasteiger partial charge in [0.15, 0.2) is 17.8 Å². The van der Waals surface area contributed by atoms with Crippen LogP contribution in [-0.4, -0.2) is 28.6 Å². The Kier molecular flexibility index (Phi) is 5.33. The molecule has 22 heavy (non-hydrogen) atoms. The van der Waals surface area contributed by atoms with Gasteiger partial charge in [-0.2, -0.15) is 0 Å². The number of carbonyl (C=O) groups is 1. The van der Waals surface area contributed by atoms with Crippen LogP contribution in [0.5, 0.6) is 0 Å². The fourth-order valence-corrected chi connectivity index (χ4v) is 2.27. The first-order chi connectivity index (χ1) is 10.5. The summed E-state index contributed by atoms with van der Waals surface area (Å²) in [6.45, 7) is 6.04. The molecule has 5 heteroatoms. The Balaban J connectivity index is 2.21. The van der Waals surface area contributed by atoms with Crippen molar-refractivity contribution >= 4 is 5.91 Å². The van der Waals surface area contributed by atoms with Gasteiger partial charge in [-0.1, -0.05) is 43.7 Å². The summed E-state index contributed by atoms with van der Waals surface area (Å²) in [5.74, 6) is 0.409. The Morgan fingerprint density at radius 2 is 2.00 bits per heavy atom. The lowest BCUT2D eigenvalue weighted by Gasteiger charge is -2.21. The van der Waals surface area contributed by atoms with Crippen molar-refractivity contribution in [3.05, 3.63) is 41.9 Å². The third-order valence-corrected chi connectivity index (χ3v) is 3.66. The van der Waals surface area contributed by atoms with Gasteiger partial charge >= 0.3 is 0 Å². The zero-order chi connectivity index (χ0) is 16.1. The van der Waals surface area contributed by atoms with Gasteiger partial charge in [0.2, 0.25) is 0 Å². The Labute approximate surface area is 130 Å². The number of hydrogen-bond acceptors (Lipinski definition) is 4.